The molecular formula is C12H19NO5S3. The minimum absolute atomic E-state index is 0.0524. The van der Waals surface area contributed by atoms with Gasteiger partial charge in [-0.1, -0.05) is 0 Å². The van der Waals surface area contributed by atoms with Crippen LogP contribution in [0.3, 0.4) is 0 Å². The molecule has 0 saturated carbocycles. The van der Waals surface area contributed by atoms with Crippen LogP contribution in [-0.4, -0.2) is 65.0 Å². The molecule has 0 aromatic heterocycles. The summed E-state index contributed by atoms with van der Waals surface area (Å²) in [6, 6.07) is 0. The predicted octanol–water partition coefficient (Wildman–Crippen LogP) is 0.373. The fourth-order valence-corrected chi connectivity index (χ4v) is 7.13. The van der Waals surface area contributed by atoms with E-state index in [0.29, 0.717) is 19.3 Å². The van der Waals surface area contributed by atoms with Crippen molar-refractivity contribution in [2.75, 3.05) is 28.8 Å². The molecule has 2 aliphatic rings. The van der Waals surface area contributed by atoms with Crippen molar-refractivity contribution in [1.29, 1.82) is 0 Å². The lowest BCUT2D eigenvalue weighted by molar-refractivity contribution is -0.147. The van der Waals surface area contributed by atoms with E-state index in [9.17, 15) is 23.1 Å². The van der Waals surface area contributed by atoms with E-state index in [0.717, 1.165) is 11.5 Å². The van der Waals surface area contributed by atoms with Crippen LogP contribution in [0.5, 0.6) is 0 Å². The maximum absolute atomic E-state index is 12.0. The molecule has 0 spiro atoms. The van der Waals surface area contributed by atoms with Crippen molar-refractivity contribution in [3.8, 4) is 0 Å². The number of hydrogen-bond acceptors (Lipinski definition) is 6. The summed E-state index contributed by atoms with van der Waals surface area (Å²) in [6.45, 7) is 0. The fraction of sp³-hybridized carbons (Fsp3) is 0.833. The molecule has 0 radical (unpaired) electrons. The number of carboxylic acids is 1. The zero-order valence-corrected chi connectivity index (χ0v) is 14.0. The van der Waals surface area contributed by atoms with Crippen LogP contribution < -0.4 is 5.32 Å². The summed E-state index contributed by atoms with van der Waals surface area (Å²) in [6.07, 6.45) is 1.43. The maximum Gasteiger partial charge on any atom is 0.329 e. The Labute approximate surface area is 132 Å². The normalized spacial score (nSPS) is 27.1. The average Bonchev–Trinajstić information content (AvgIpc) is 2.77. The first-order valence-corrected chi connectivity index (χ1v) is 10.8. The molecule has 2 saturated heterocycles. The number of aliphatic carboxylic acids is 1. The summed E-state index contributed by atoms with van der Waals surface area (Å²) >= 11 is 2.99. The van der Waals surface area contributed by atoms with Gasteiger partial charge in [0.25, 0.3) is 0 Å². The highest BCUT2D eigenvalue weighted by atomic mass is 32.2. The largest absolute Gasteiger partial charge is 0.480 e. The Bertz CT molecular complexity index is 513. The Morgan fingerprint density at radius 1 is 1.33 bits per heavy atom. The molecule has 1 atom stereocenters. The van der Waals surface area contributed by atoms with E-state index in [-0.39, 0.29) is 28.4 Å². The number of rotatable bonds is 5. The first-order chi connectivity index (χ1) is 9.83. The van der Waals surface area contributed by atoms with Gasteiger partial charge in [0.2, 0.25) is 5.91 Å². The van der Waals surface area contributed by atoms with Gasteiger partial charge in [0.05, 0.1) is 17.3 Å². The third-order valence-corrected chi connectivity index (χ3v) is 8.04. The summed E-state index contributed by atoms with van der Waals surface area (Å²) in [4.78, 5) is 23.4. The molecule has 0 bridgehead atoms. The summed E-state index contributed by atoms with van der Waals surface area (Å²) < 4.78 is 22.7. The van der Waals surface area contributed by atoms with E-state index >= 15 is 0 Å². The molecule has 1 amide bonds. The summed E-state index contributed by atoms with van der Waals surface area (Å²) in [7, 11) is -2.95. The molecule has 120 valence electrons. The average molecular weight is 353 g/mol. The van der Waals surface area contributed by atoms with E-state index < -0.39 is 21.3 Å². The third kappa shape index (κ3) is 4.53. The summed E-state index contributed by atoms with van der Waals surface area (Å²) in [5, 5.41) is 12.0. The molecule has 0 aliphatic carbocycles. The standard InChI is InChI=1S/C12H19NO5S3/c14-10(7-20-9-1-6-21(17,18)8-9)13-12(11(15)16)2-4-19-5-3-12/h9H,1-8H2,(H,13,14)(H,15,16). The summed E-state index contributed by atoms with van der Waals surface area (Å²) in [5.74, 6) is 0.556. The Morgan fingerprint density at radius 2 is 2.00 bits per heavy atom. The van der Waals surface area contributed by atoms with Gasteiger partial charge in [-0.2, -0.15) is 11.8 Å². The SMILES string of the molecule is O=C(CSC1CCS(=O)(=O)C1)NC1(C(=O)O)CCSCC1. The highest BCUT2D eigenvalue weighted by molar-refractivity contribution is 8.02. The molecule has 6 nitrogen and oxygen atoms in total. The number of amides is 1. The molecule has 2 heterocycles. The maximum atomic E-state index is 12.0. The van der Waals surface area contributed by atoms with Gasteiger partial charge in [-0.25, -0.2) is 13.2 Å². The quantitative estimate of drug-likeness (QED) is 0.736. The molecule has 0 aromatic rings. The van der Waals surface area contributed by atoms with Crippen molar-refractivity contribution in [3.63, 3.8) is 0 Å². The first kappa shape index (κ1) is 17.0. The molecule has 2 rings (SSSR count). The number of carbonyl (C=O) groups excluding carboxylic acids is 1. The van der Waals surface area contributed by atoms with Crippen LogP contribution in [0.1, 0.15) is 19.3 Å². The van der Waals surface area contributed by atoms with E-state index in [2.05, 4.69) is 5.32 Å². The first-order valence-electron chi connectivity index (χ1n) is 6.77. The lowest BCUT2D eigenvalue weighted by Gasteiger charge is -2.33. The van der Waals surface area contributed by atoms with Gasteiger partial charge in [0.15, 0.2) is 9.84 Å². The minimum atomic E-state index is -2.95. The van der Waals surface area contributed by atoms with Gasteiger partial charge in [-0.15, -0.1) is 11.8 Å². The minimum Gasteiger partial charge on any atom is -0.480 e. The van der Waals surface area contributed by atoms with Crippen molar-refractivity contribution in [2.24, 2.45) is 0 Å². The summed E-state index contributed by atoms with van der Waals surface area (Å²) in [5.41, 5.74) is -1.15. The fourth-order valence-electron chi connectivity index (χ4n) is 2.50. The monoisotopic (exact) mass is 353 g/mol. The van der Waals surface area contributed by atoms with Gasteiger partial charge in [0, 0.05) is 5.25 Å². The highest BCUT2D eigenvalue weighted by Crippen LogP contribution is 2.28. The van der Waals surface area contributed by atoms with Crippen molar-refractivity contribution in [1.82, 2.24) is 5.32 Å². The second kappa shape index (κ2) is 6.78. The molecular weight excluding hydrogens is 334 g/mol. The van der Waals surface area contributed by atoms with Crippen LogP contribution in [0.2, 0.25) is 0 Å². The zero-order chi connectivity index (χ0) is 15.5. The molecule has 2 N–H and O–H groups in total. The van der Waals surface area contributed by atoms with Crippen LogP contribution in [0.25, 0.3) is 0 Å². The number of sulfone groups is 1. The van der Waals surface area contributed by atoms with Gasteiger partial charge in [0.1, 0.15) is 5.54 Å². The molecule has 2 fully saturated rings. The topological polar surface area (TPSA) is 101 Å². The highest BCUT2D eigenvalue weighted by Gasteiger charge is 2.41. The van der Waals surface area contributed by atoms with Crippen molar-refractivity contribution in [2.45, 2.75) is 30.1 Å². The number of nitrogens with one attached hydrogen (secondary N) is 1. The van der Waals surface area contributed by atoms with Gasteiger partial charge < -0.3 is 10.4 Å². The lowest BCUT2D eigenvalue weighted by atomic mass is 9.92. The molecule has 0 aromatic carbocycles. The number of thioether (sulfide) groups is 2. The van der Waals surface area contributed by atoms with Crippen LogP contribution in [0.15, 0.2) is 0 Å². The zero-order valence-electron chi connectivity index (χ0n) is 11.5. The Hall–Kier alpha value is -0.410. The van der Waals surface area contributed by atoms with E-state index in [1.54, 1.807) is 11.8 Å². The Kier molecular flexibility index (Phi) is 5.48. The van der Waals surface area contributed by atoms with E-state index in [1.807, 2.05) is 0 Å². The van der Waals surface area contributed by atoms with Crippen LogP contribution in [0, 0.1) is 0 Å². The predicted molar refractivity (Wildman–Crippen MR) is 84.6 cm³/mol. The molecule has 2 aliphatic heterocycles. The lowest BCUT2D eigenvalue weighted by Crippen LogP contribution is -2.57. The number of carbonyl (C=O) groups is 2. The molecule has 1 unspecified atom stereocenters. The van der Waals surface area contributed by atoms with Crippen molar-refractivity contribution in [3.05, 3.63) is 0 Å². The van der Waals surface area contributed by atoms with Gasteiger partial charge >= 0.3 is 5.97 Å². The molecule has 9 heteroatoms. The smallest absolute Gasteiger partial charge is 0.329 e. The van der Waals surface area contributed by atoms with Crippen molar-refractivity contribution < 1.29 is 23.1 Å². The Morgan fingerprint density at radius 3 is 2.52 bits per heavy atom. The Balaban J connectivity index is 1.84. The van der Waals surface area contributed by atoms with Crippen LogP contribution >= 0.6 is 23.5 Å². The second-order valence-electron chi connectivity index (χ2n) is 5.38. The van der Waals surface area contributed by atoms with Crippen molar-refractivity contribution >= 4 is 45.2 Å². The molecule has 21 heavy (non-hydrogen) atoms. The number of hydrogen-bond donors (Lipinski definition) is 2. The number of carboxylic acid groups (broad SMARTS) is 1. The van der Waals surface area contributed by atoms with Crippen LogP contribution in [0.4, 0.5) is 0 Å². The van der Waals surface area contributed by atoms with Crippen LogP contribution in [-0.2, 0) is 19.4 Å². The second-order valence-corrected chi connectivity index (χ2v) is 10.1. The van der Waals surface area contributed by atoms with E-state index in [4.69, 9.17) is 0 Å². The van der Waals surface area contributed by atoms with Gasteiger partial charge in [-0.05, 0) is 30.8 Å². The third-order valence-electron chi connectivity index (χ3n) is 3.78. The van der Waals surface area contributed by atoms with E-state index in [1.165, 1.54) is 11.8 Å². The van der Waals surface area contributed by atoms with Gasteiger partial charge in [-0.3, -0.25) is 4.79 Å².